The highest BCUT2D eigenvalue weighted by Crippen LogP contribution is 2.17. The number of halogens is 1. The van der Waals surface area contributed by atoms with Gasteiger partial charge in [0.05, 0.1) is 5.69 Å². The first-order chi connectivity index (χ1) is 7.29. The van der Waals surface area contributed by atoms with Crippen LogP contribution in [0.5, 0.6) is 0 Å². The molecule has 0 aliphatic heterocycles. The zero-order valence-electron chi connectivity index (χ0n) is 8.44. The SMILES string of the molecule is CCc1cc(-c2cccc(F)c2)ncn1. The predicted octanol–water partition coefficient (Wildman–Crippen LogP) is 2.85. The molecular formula is C12H11FN2. The molecule has 2 aromatic rings. The normalized spacial score (nSPS) is 10.3. The molecule has 0 amide bonds. The molecule has 0 aliphatic rings. The van der Waals surface area contributed by atoms with Gasteiger partial charge in [0, 0.05) is 11.3 Å². The van der Waals surface area contributed by atoms with Crippen LogP contribution in [-0.2, 0) is 6.42 Å². The topological polar surface area (TPSA) is 25.8 Å². The predicted molar refractivity (Wildman–Crippen MR) is 56.8 cm³/mol. The second kappa shape index (κ2) is 4.17. The quantitative estimate of drug-likeness (QED) is 0.748. The summed E-state index contributed by atoms with van der Waals surface area (Å²) in [5, 5.41) is 0. The molecular weight excluding hydrogens is 191 g/mol. The summed E-state index contributed by atoms with van der Waals surface area (Å²) in [4.78, 5) is 8.22. The molecule has 1 aromatic carbocycles. The van der Waals surface area contributed by atoms with Gasteiger partial charge in [-0.25, -0.2) is 14.4 Å². The largest absolute Gasteiger partial charge is 0.241 e. The number of hydrogen-bond acceptors (Lipinski definition) is 2. The van der Waals surface area contributed by atoms with E-state index < -0.39 is 0 Å². The van der Waals surface area contributed by atoms with Crippen molar-refractivity contribution in [1.29, 1.82) is 0 Å². The lowest BCUT2D eigenvalue weighted by molar-refractivity contribution is 0.628. The number of aryl methyl sites for hydroxylation is 1. The summed E-state index contributed by atoms with van der Waals surface area (Å²) in [6.45, 7) is 2.03. The Labute approximate surface area is 87.8 Å². The first-order valence-electron chi connectivity index (χ1n) is 4.86. The van der Waals surface area contributed by atoms with E-state index in [0.29, 0.717) is 0 Å². The van der Waals surface area contributed by atoms with Gasteiger partial charge in [-0.1, -0.05) is 19.1 Å². The van der Waals surface area contributed by atoms with Crippen LogP contribution >= 0.6 is 0 Å². The highest BCUT2D eigenvalue weighted by molar-refractivity contribution is 5.58. The van der Waals surface area contributed by atoms with Gasteiger partial charge in [0.1, 0.15) is 12.1 Å². The molecule has 0 fully saturated rings. The lowest BCUT2D eigenvalue weighted by atomic mass is 10.1. The van der Waals surface area contributed by atoms with Gasteiger partial charge in [-0.05, 0) is 24.6 Å². The van der Waals surface area contributed by atoms with Crippen molar-refractivity contribution in [1.82, 2.24) is 9.97 Å². The summed E-state index contributed by atoms with van der Waals surface area (Å²) in [7, 11) is 0. The standard InChI is InChI=1S/C12H11FN2/c1-2-11-7-12(15-8-14-11)9-4-3-5-10(13)6-9/h3-8H,2H2,1H3. The molecule has 0 aliphatic carbocycles. The van der Waals surface area contributed by atoms with Crippen molar-refractivity contribution < 1.29 is 4.39 Å². The van der Waals surface area contributed by atoms with E-state index in [0.717, 1.165) is 23.4 Å². The Balaban J connectivity index is 2.44. The average molecular weight is 202 g/mol. The van der Waals surface area contributed by atoms with Crippen molar-refractivity contribution in [3.8, 4) is 11.3 Å². The van der Waals surface area contributed by atoms with Crippen LogP contribution in [0.25, 0.3) is 11.3 Å². The molecule has 3 heteroatoms. The minimum absolute atomic E-state index is 0.246. The van der Waals surface area contributed by atoms with Gasteiger partial charge >= 0.3 is 0 Å². The maximum absolute atomic E-state index is 13.0. The molecule has 76 valence electrons. The summed E-state index contributed by atoms with van der Waals surface area (Å²) in [5.74, 6) is -0.246. The summed E-state index contributed by atoms with van der Waals surface area (Å²) in [5.41, 5.74) is 2.51. The number of rotatable bonds is 2. The maximum atomic E-state index is 13.0. The molecule has 0 saturated carbocycles. The van der Waals surface area contributed by atoms with Crippen LogP contribution in [0.15, 0.2) is 36.7 Å². The third-order valence-electron chi connectivity index (χ3n) is 2.21. The van der Waals surface area contributed by atoms with Crippen molar-refractivity contribution in [2.24, 2.45) is 0 Å². The Morgan fingerprint density at radius 1 is 1.20 bits per heavy atom. The Hall–Kier alpha value is -1.77. The molecule has 1 aromatic heterocycles. The van der Waals surface area contributed by atoms with Crippen LogP contribution in [0.3, 0.4) is 0 Å². The summed E-state index contributed by atoms with van der Waals surface area (Å²) >= 11 is 0. The van der Waals surface area contributed by atoms with Crippen LogP contribution in [0.1, 0.15) is 12.6 Å². The van der Waals surface area contributed by atoms with E-state index in [-0.39, 0.29) is 5.82 Å². The lowest BCUT2D eigenvalue weighted by Crippen LogP contribution is -1.91. The van der Waals surface area contributed by atoms with Gasteiger partial charge in [0.2, 0.25) is 0 Å². The highest BCUT2D eigenvalue weighted by atomic mass is 19.1. The minimum atomic E-state index is -0.246. The molecule has 15 heavy (non-hydrogen) atoms. The van der Waals surface area contributed by atoms with E-state index in [9.17, 15) is 4.39 Å². The number of nitrogens with zero attached hydrogens (tertiary/aromatic N) is 2. The van der Waals surface area contributed by atoms with Crippen LogP contribution in [-0.4, -0.2) is 9.97 Å². The maximum Gasteiger partial charge on any atom is 0.123 e. The fourth-order valence-electron chi connectivity index (χ4n) is 1.40. The first kappa shape index (κ1) is 9.77. The van der Waals surface area contributed by atoms with Crippen LogP contribution in [0.2, 0.25) is 0 Å². The van der Waals surface area contributed by atoms with E-state index >= 15 is 0 Å². The zero-order chi connectivity index (χ0) is 10.7. The molecule has 0 N–H and O–H groups in total. The Bertz CT molecular complexity index is 469. The first-order valence-corrected chi connectivity index (χ1v) is 4.86. The van der Waals surface area contributed by atoms with Gasteiger partial charge in [-0.15, -0.1) is 0 Å². The van der Waals surface area contributed by atoms with Crippen molar-refractivity contribution in [2.75, 3.05) is 0 Å². The van der Waals surface area contributed by atoms with E-state index in [1.54, 1.807) is 6.07 Å². The van der Waals surface area contributed by atoms with E-state index in [4.69, 9.17) is 0 Å². The average Bonchev–Trinajstić information content (AvgIpc) is 2.29. The third kappa shape index (κ3) is 2.18. The van der Waals surface area contributed by atoms with Crippen LogP contribution in [0.4, 0.5) is 4.39 Å². The molecule has 2 rings (SSSR count). The molecule has 0 radical (unpaired) electrons. The zero-order valence-corrected chi connectivity index (χ0v) is 8.44. The van der Waals surface area contributed by atoms with Gasteiger partial charge in [-0.3, -0.25) is 0 Å². The van der Waals surface area contributed by atoms with Crippen molar-refractivity contribution in [3.63, 3.8) is 0 Å². The monoisotopic (exact) mass is 202 g/mol. The molecule has 1 heterocycles. The van der Waals surface area contributed by atoms with Crippen LogP contribution < -0.4 is 0 Å². The van der Waals surface area contributed by atoms with Gasteiger partial charge in [-0.2, -0.15) is 0 Å². The smallest absolute Gasteiger partial charge is 0.123 e. The van der Waals surface area contributed by atoms with Gasteiger partial charge in [0.25, 0.3) is 0 Å². The Morgan fingerprint density at radius 2 is 2.07 bits per heavy atom. The van der Waals surface area contributed by atoms with Crippen LogP contribution in [0, 0.1) is 5.82 Å². The number of aromatic nitrogens is 2. The van der Waals surface area contributed by atoms with E-state index in [1.165, 1.54) is 18.5 Å². The third-order valence-corrected chi connectivity index (χ3v) is 2.21. The van der Waals surface area contributed by atoms with E-state index in [2.05, 4.69) is 9.97 Å². The second-order valence-corrected chi connectivity index (χ2v) is 3.26. The molecule has 2 nitrogen and oxygen atoms in total. The summed E-state index contributed by atoms with van der Waals surface area (Å²) < 4.78 is 13.0. The molecule has 0 spiro atoms. The molecule has 0 saturated heterocycles. The lowest BCUT2D eigenvalue weighted by Gasteiger charge is -2.02. The molecule has 0 unspecified atom stereocenters. The van der Waals surface area contributed by atoms with Crippen molar-refractivity contribution in [2.45, 2.75) is 13.3 Å². The fourth-order valence-corrected chi connectivity index (χ4v) is 1.40. The number of hydrogen-bond donors (Lipinski definition) is 0. The number of benzene rings is 1. The van der Waals surface area contributed by atoms with Gasteiger partial charge in [0.15, 0.2) is 0 Å². The minimum Gasteiger partial charge on any atom is -0.241 e. The van der Waals surface area contributed by atoms with Crippen molar-refractivity contribution >= 4 is 0 Å². The van der Waals surface area contributed by atoms with Gasteiger partial charge < -0.3 is 0 Å². The van der Waals surface area contributed by atoms with E-state index in [1.807, 2.05) is 19.1 Å². The van der Waals surface area contributed by atoms with Crippen molar-refractivity contribution in [3.05, 3.63) is 48.2 Å². The molecule has 0 atom stereocenters. The Morgan fingerprint density at radius 3 is 2.80 bits per heavy atom. The fraction of sp³-hybridized carbons (Fsp3) is 0.167. The second-order valence-electron chi connectivity index (χ2n) is 3.26. The summed E-state index contributed by atoms with van der Waals surface area (Å²) in [6.07, 6.45) is 2.36. The molecule has 0 bridgehead atoms. The highest BCUT2D eigenvalue weighted by Gasteiger charge is 2.01. The Kier molecular flexibility index (Phi) is 2.72. The summed E-state index contributed by atoms with van der Waals surface area (Å²) in [6, 6.07) is 8.30.